The average Bonchev–Trinajstić information content (AvgIpc) is 2.84. The highest BCUT2D eigenvalue weighted by Crippen LogP contribution is 2.10. The van der Waals surface area contributed by atoms with Gasteiger partial charge < -0.3 is 14.6 Å². The maximum atomic E-state index is 12.4. The van der Waals surface area contributed by atoms with Crippen LogP contribution in [0.2, 0.25) is 0 Å². The van der Waals surface area contributed by atoms with E-state index < -0.39 is 6.04 Å². The van der Waals surface area contributed by atoms with Gasteiger partial charge in [0.25, 0.3) is 0 Å². The molecule has 1 aromatic heterocycles. The summed E-state index contributed by atoms with van der Waals surface area (Å²) < 4.78 is 7.19. The minimum Gasteiger partial charge on any atom is -0.378 e. The summed E-state index contributed by atoms with van der Waals surface area (Å²) in [5.41, 5.74) is 0.657. The number of morpholine rings is 1. The Hall–Kier alpha value is -1.66. The summed E-state index contributed by atoms with van der Waals surface area (Å²) >= 11 is 0. The van der Waals surface area contributed by atoms with Crippen LogP contribution in [0.25, 0.3) is 0 Å². The predicted molar refractivity (Wildman–Crippen MR) is 79.2 cm³/mol. The Morgan fingerprint density at radius 1 is 1.48 bits per heavy atom. The fourth-order valence-corrected chi connectivity index (χ4v) is 2.47. The van der Waals surface area contributed by atoms with Crippen molar-refractivity contribution >= 4 is 11.7 Å². The third-order valence-electron chi connectivity index (χ3n) is 3.55. The number of rotatable bonds is 5. The Balaban J connectivity index is 2.03. The molecule has 0 radical (unpaired) electrons. The molecule has 0 spiro atoms. The van der Waals surface area contributed by atoms with Gasteiger partial charge in [0.1, 0.15) is 6.04 Å². The number of hydrogen-bond donors (Lipinski definition) is 1. The Morgan fingerprint density at radius 2 is 2.24 bits per heavy atom. The molecule has 1 aliphatic heterocycles. The first-order chi connectivity index (χ1) is 9.99. The molecule has 0 saturated carbocycles. The number of aromatic nitrogens is 1. The van der Waals surface area contributed by atoms with Gasteiger partial charge in [0.05, 0.1) is 25.5 Å². The van der Waals surface area contributed by atoms with Crippen LogP contribution in [0.5, 0.6) is 0 Å². The number of ketones is 1. The van der Waals surface area contributed by atoms with Gasteiger partial charge in [0.15, 0.2) is 5.78 Å². The first kappa shape index (κ1) is 15.7. The summed E-state index contributed by atoms with van der Waals surface area (Å²) in [6, 6.07) is 3.32. The van der Waals surface area contributed by atoms with Crippen LogP contribution in [-0.4, -0.2) is 59.5 Å². The molecule has 1 saturated heterocycles. The maximum absolute atomic E-state index is 12.4. The SMILES string of the molecule is CC(C)NC(=O)C1COCCN1CC(=O)c1cccn1C. The van der Waals surface area contributed by atoms with E-state index in [1.54, 1.807) is 10.6 Å². The monoisotopic (exact) mass is 293 g/mol. The quantitative estimate of drug-likeness (QED) is 0.800. The van der Waals surface area contributed by atoms with E-state index in [1.807, 2.05) is 38.1 Å². The van der Waals surface area contributed by atoms with Crippen molar-refractivity contribution in [2.24, 2.45) is 7.05 Å². The maximum Gasteiger partial charge on any atom is 0.239 e. The summed E-state index contributed by atoms with van der Waals surface area (Å²) in [5, 5.41) is 2.88. The second kappa shape index (κ2) is 6.87. The molecule has 116 valence electrons. The summed E-state index contributed by atoms with van der Waals surface area (Å²) in [7, 11) is 1.84. The molecular weight excluding hydrogens is 270 g/mol. The lowest BCUT2D eigenvalue weighted by Gasteiger charge is -2.34. The van der Waals surface area contributed by atoms with E-state index in [1.165, 1.54) is 0 Å². The van der Waals surface area contributed by atoms with Crippen LogP contribution in [0, 0.1) is 0 Å². The Labute approximate surface area is 125 Å². The molecule has 2 rings (SSSR count). The molecule has 1 amide bonds. The second-order valence-corrected chi connectivity index (χ2v) is 5.65. The number of carbonyl (C=O) groups excluding carboxylic acids is 2. The molecular formula is C15H23N3O3. The summed E-state index contributed by atoms with van der Waals surface area (Å²) in [4.78, 5) is 26.5. The Bertz CT molecular complexity index is 510. The van der Waals surface area contributed by atoms with E-state index in [2.05, 4.69) is 5.32 Å². The lowest BCUT2D eigenvalue weighted by atomic mass is 10.1. The lowest BCUT2D eigenvalue weighted by Crippen LogP contribution is -2.56. The number of Topliss-reactive ketones (excluding diaryl/α,β-unsaturated/α-hetero) is 1. The van der Waals surface area contributed by atoms with Crippen molar-refractivity contribution in [1.29, 1.82) is 0 Å². The van der Waals surface area contributed by atoms with Crippen LogP contribution in [0.15, 0.2) is 18.3 Å². The third-order valence-corrected chi connectivity index (χ3v) is 3.55. The smallest absolute Gasteiger partial charge is 0.239 e. The normalized spacial score (nSPS) is 19.7. The number of ether oxygens (including phenoxy) is 1. The van der Waals surface area contributed by atoms with E-state index in [9.17, 15) is 9.59 Å². The van der Waals surface area contributed by atoms with Gasteiger partial charge in [0.2, 0.25) is 5.91 Å². The van der Waals surface area contributed by atoms with E-state index in [-0.39, 0.29) is 24.3 Å². The van der Waals surface area contributed by atoms with Gasteiger partial charge in [-0.3, -0.25) is 14.5 Å². The van der Waals surface area contributed by atoms with Crippen LogP contribution in [0.3, 0.4) is 0 Å². The van der Waals surface area contributed by atoms with Crippen LogP contribution in [0.1, 0.15) is 24.3 Å². The van der Waals surface area contributed by atoms with Gasteiger partial charge in [0, 0.05) is 25.8 Å². The number of nitrogens with zero attached hydrogens (tertiary/aromatic N) is 2. The fraction of sp³-hybridized carbons (Fsp3) is 0.600. The fourth-order valence-electron chi connectivity index (χ4n) is 2.47. The first-order valence-corrected chi connectivity index (χ1v) is 7.25. The van der Waals surface area contributed by atoms with Crippen LogP contribution in [0.4, 0.5) is 0 Å². The van der Waals surface area contributed by atoms with E-state index in [0.717, 1.165) is 0 Å². The van der Waals surface area contributed by atoms with Gasteiger partial charge in [-0.2, -0.15) is 0 Å². The summed E-state index contributed by atoms with van der Waals surface area (Å²) in [5.74, 6) is -0.0591. The highest BCUT2D eigenvalue weighted by Gasteiger charge is 2.31. The molecule has 1 N–H and O–H groups in total. The minimum absolute atomic E-state index is 0.0201. The van der Waals surface area contributed by atoms with Gasteiger partial charge in [-0.25, -0.2) is 0 Å². The van der Waals surface area contributed by atoms with Crippen LogP contribution < -0.4 is 5.32 Å². The molecule has 6 heteroatoms. The van der Waals surface area contributed by atoms with Crippen LogP contribution >= 0.6 is 0 Å². The number of nitrogens with one attached hydrogen (secondary N) is 1. The molecule has 0 aliphatic carbocycles. The van der Waals surface area contributed by atoms with Crippen molar-refractivity contribution in [1.82, 2.24) is 14.8 Å². The highest BCUT2D eigenvalue weighted by molar-refractivity contribution is 5.96. The average molecular weight is 293 g/mol. The number of aryl methyl sites for hydroxylation is 1. The molecule has 1 fully saturated rings. The van der Waals surface area contributed by atoms with Gasteiger partial charge in [-0.15, -0.1) is 0 Å². The molecule has 1 aromatic rings. The molecule has 0 aromatic carbocycles. The van der Waals surface area contributed by atoms with Gasteiger partial charge in [-0.1, -0.05) is 0 Å². The zero-order valence-corrected chi connectivity index (χ0v) is 12.8. The minimum atomic E-state index is -0.398. The van der Waals surface area contributed by atoms with E-state index in [4.69, 9.17) is 4.74 Å². The van der Waals surface area contributed by atoms with Gasteiger partial charge >= 0.3 is 0 Å². The molecule has 1 unspecified atom stereocenters. The first-order valence-electron chi connectivity index (χ1n) is 7.25. The largest absolute Gasteiger partial charge is 0.378 e. The highest BCUT2D eigenvalue weighted by atomic mass is 16.5. The van der Waals surface area contributed by atoms with Crippen molar-refractivity contribution in [3.63, 3.8) is 0 Å². The lowest BCUT2D eigenvalue weighted by molar-refractivity contribution is -0.132. The number of hydrogen-bond acceptors (Lipinski definition) is 4. The second-order valence-electron chi connectivity index (χ2n) is 5.65. The standard InChI is InChI=1S/C15H23N3O3/c1-11(2)16-15(20)13-10-21-8-7-18(13)9-14(19)12-5-4-6-17(12)3/h4-6,11,13H,7-10H2,1-3H3,(H,16,20). The predicted octanol–water partition coefficient (Wildman–Crippen LogP) is 0.433. The van der Waals surface area contributed by atoms with Crippen molar-refractivity contribution in [3.05, 3.63) is 24.0 Å². The third kappa shape index (κ3) is 3.92. The van der Waals surface area contributed by atoms with Crippen LogP contribution in [-0.2, 0) is 16.6 Å². The summed E-state index contributed by atoms with van der Waals surface area (Å²) in [6.45, 7) is 5.54. The van der Waals surface area contributed by atoms with E-state index in [0.29, 0.717) is 25.5 Å². The van der Waals surface area contributed by atoms with Crippen molar-refractivity contribution in [2.75, 3.05) is 26.3 Å². The number of carbonyl (C=O) groups is 2. The molecule has 21 heavy (non-hydrogen) atoms. The number of amides is 1. The summed E-state index contributed by atoms with van der Waals surface area (Å²) in [6.07, 6.45) is 1.84. The zero-order chi connectivity index (χ0) is 15.4. The van der Waals surface area contributed by atoms with Crippen molar-refractivity contribution in [3.8, 4) is 0 Å². The molecule has 1 atom stereocenters. The Kier molecular flexibility index (Phi) is 5.14. The van der Waals surface area contributed by atoms with E-state index >= 15 is 0 Å². The van der Waals surface area contributed by atoms with Gasteiger partial charge in [-0.05, 0) is 26.0 Å². The molecule has 1 aliphatic rings. The molecule has 6 nitrogen and oxygen atoms in total. The topological polar surface area (TPSA) is 63.6 Å². The molecule has 0 bridgehead atoms. The van der Waals surface area contributed by atoms with Crippen molar-refractivity contribution in [2.45, 2.75) is 25.9 Å². The molecule has 2 heterocycles. The van der Waals surface area contributed by atoms with Crippen molar-refractivity contribution < 1.29 is 14.3 Å². The zero-order valence-electron chi connectivity index (χ0n) is 12.8. The Morgan fingerprint density at radius 3 is 2.86 bits per heavy atom.